The lowest BCUT2D eigenvalue weighted by Crippen LogP contribution is -2.45. The van der Waals surface area contributed by atoms with Crippen LogP contribution in [-0.4, -0.2) is 36.3 Å². The predicted octanol–water partition coefficient (Wildman–Crippen LogP) is 1.14. The van der Waals surface area contributed by atoms with Gasteiger partial charge in [-0.25, -0.2) is 0 Å². The Morgan fingerprint density at radius 1 is 1.10 bits per heavy atom. The molecule has 0 spiro atoms. The normalized spacial score (nSPS) is 22.7. The zero-order valence-electron chi connectivity index (χ0n) is 11.6. The number of hydrogen-bond donors (Lipinski definition) is 1. The summed E-state index contributed by atoms with van der Waals surface area (Å²) < 4.78 is 0. The van der Waals surface area contributed by atoms with Gasteiger partial charge in [0, 0.05) is 26.1 Å². The fraction of sp³-hybridized carbons (Fsp3) is 0.500. The summed E-state index contributed by atoms with van der Waals surface area (Å²) in [5.41, 5.74) is 2.72. The van der Waals surface area contributed by atoms with Crippen molar-refractivity contribution in [1.82, 2.24) is 10.2 Å². The highest BCUT2D eigenvalue weighted by atomic mass is 16.2. The van der Waals surface area contributed by atoms with Crippen LogP contribution in [0.15, 0.2) is 24.3 Å². The average molecular weight is 272 g/mol. The highest BCUT2D eigenvalue weighted by Crippen LogP contribution is 2.19. The molecule has 1 fully saturated rings. The molecule has 0 saturated carbocycles. The van der Waals surface area contributed by atoms with Crippen LogP contribution in [-0.2, 0) is 22.4 Å². The molecular weight excluding hydrogens is 252 g/mol. The molecule has 1 aromatic rings. The first-order valence-corrected chi connectivity index (χ1v) is 7.36. The molecule has 4 nitrogen and oxygen atoms in total. The molecule has 106 valence electrons. The zero-order valence-corrected chi connectivity index (χ0v) is 11.6. The lowest BCUT2D eigenvalue weighted by Gasteiger charge is -2.28. The van der Waals surface area contributed by atoms with Gasteiger partial charge in [-0.2, -0.15) is 0 Å². The molecule has 1 saturated heterocycles. The highest BCUT2D eigenvalue weighted by Gasteiger charge is 2.29. The lowest BCUT2D eigenvalue weighted by atomic mass is 9.97. The second-order valence-electron chi connectivity index (χ2n) is 5.63. The van der Waals surface area contributed by atoms with Gasteiger partial charge in [0.25, 0.3) is 0 Å². The second kappa shape index (κ2) is 5.65. The Labute approximate surface area is 119 Å². The molecular formula is C16H20N2O2. The predicted molar refractivity (Wildman–Crippen MR) is 76.2 cm³/mol. The Kier molecular flexibility index (Phi) is 3.72. The van der Waals surface area contributed by atoms with Gasteiger partial charge < -0.3 is 10.2 Å². The first-order chi connectivity index (χ1) is 9.74. The monoisotopic (exact) mass is 272 g/mol. The van der Waals surface area contributed by atoms with Gasteiger partial charge in [-0.15, -0.1) is 0 Å². The number of carbonyl (C=O) groups is 2. The minimum absolute atomic E-state index is 0.0334. The number of carbonyl (C=O) groups excluding carboxylic acids is 2. The summed E-state index contributed by atoms with van der Waals surface area (Å²) in [7, 11) is 0. The molecule has 1 unspecified atom stereocenters. The number of nitrogens with zero attached hydrogens (tertiary/aromatic N) is 1. The fourth-order valence-corrected chi connectivity index (χ4v) is 3.09. The van der Waals surface area contributed by atoms with Crippen LogP contribution in [0.1, 0.15) is 24.0 Å². The largest absolute Gasteiger partial charge is 0.355 e. The van der Waals surface area contributed by atoms with Crippen molar-refractivity contribution in [2.24, 2.45) is 5.92 Å². The highest BCUT2D eigenvalue weighted by molar-refractivity contribution is 5.83. The number of hydrogen-bond acceptors (Lipinski definition) is 2. The number of rotatable bonds is 1. The van der Waals surface area contributed by atoms with E-state index in [9.17, 15) is 9.59 Å². The molecule has 4 heteroatoms. The summed E-state index contributed by atoms with van der Waals surface area (Å²) in [4.78, 5) is 25.7. The van der Waals surface area contributed by atoms with Gasteiger partial charge in [0.15, 0.2) is 0 Å². The quantitative estimate of drug-likeness (QED) is 0.833. The standard InChI is InChI=1S/C16H20N2O2/c19-15-6-5-14(11-17-15)16(20)18-9-7-12-3-1-2-4-13(12)8-10-18/h1-4,14H,5-11H2,(H,17,19). The van der Waals surface area contributed by atoms with Gasteiger partial charge in [0.05, 0.1) is 5.92 Å². The summed E-state index contributed by atoms with van der Waals surface area (Å²) in [5.74, 6) is 0.240. The smallest absolute Gasteiger partial charge is 0.227 e. The van der Waals surface area contributed by atoms with Gasteiger partial charge in [0.2, 0.25) is 11.8 Å². The van der Waals surface area contributed by atoms with E-state index in [2.05, 4.69) is 29.6 Å². The number of amides is 2. The van der Waals surface area contributed by atoms with Crippen molar-refractivity contribution >= 4 is 11.8 Å². The van der Waals surface area contributed by atoms with Crippen LogP contribution in [0.4, 0.5) is 0 Å². The van der Waals surface area contributed by atoms with Crippen LogP contribution in [0.3, 0.4) is 0 Å². The van der Waals surface area contributed by atoms with Crippen LogP contribution in [0, 0.1) is 5.92 Å². The third-order valence-electron chi connectivity index (χ3n) is 4.35. The van der Waals surface area contributed by atoms with Crippen LogP contribution in [0.5, 0.6) is 0 Å². The third kappa shape index (κ3) is 2.69. The van der Waals surface area contributed by atoms with E-state index in [1.54, 1.807) is 0 Å². The molecule has 1 aromatic carbocycles. The lowest BCUT2D eigenvalue weighted by molar-refractivity contribution is -0.137. The van der Waals surface area contributed by atoms with E-state index in [0.717, 1.165) is 25.9 Å². The van der Waals surface area contributed by atoms with Crippen molar-refractivity contribution in [1.29, 1.82) is 0 Å². The summed E-state index contributed by atoms with van der Waals surface area (Å²) in [6.45, 7) is 2.09. The molecule has 2 amide bonds. The van der Waals surface area contributed by atoms with E-state index in [-0.39, 0.29) is 17.7 Å². The van der Waals surface area contributed by atoms with E-state index in [1.165, 1.54) is 11.1 Å². The van der Waals surface area contributed by atoms with Gasteiger partial charge >= 0.3 is 0 Å². The van der Waals surface area contributed by atoms with Crippen molar-refractivity contribution in [2.75, 3.05) is 19.6 Å². The van der Waals surface area contributed by atoms with Crippen LogP contribution in [0.25, 0.3) is 0 Å². The fourth-order valence-electron chi connectivity index (χ4n) is 3.09. The molecule has 0 aromatic heterocycles. The van der Waals surface area contributed by atoms with E-state index < -0.39 is 0 Å². The molecule has 0 radical (unpaired) electrons. The second-order valence-corrected chi connectivity index (χ2v) is 5.63. The Bertz CT molecular complexity index is 490. The van der Waals surface area contributed by atoms with Gasteiger partial charge in [-0.3, -0.25) is 9.59 Å². The molecule has 2 aliphatic rings. The molecule has 1 atom stereocenters. The minimum Gasteiger partial charge on any atom is -0.355 e. The van der Waals surface area contributed by atoms with Crippen molar-refractivity contribution in [2.45, 2.75) is 25.7 Å². The van der Waals surface area contributed by atoms with Crippen LogP contribution < -0.4 is 5.32 Å². The molecule has 1 N–H and O–H groups in total. The Hall–Kier alpha value is -1.84. The molecule has 0 aliphatic carbocycles. The average Bonchev–Trinajstić information content (AvgIpc) is 2.70. The van der Waals surface area contributed by atoms with Crippen molar-refractivity contribution in [3.63, 3.8) is 0 Å². The third-order valence-corrected chi connectivity index (χ3v) is 4.35. The van der Waals surface area contributed by atoms with Crippen molar-refractivity contribution in [3.8, 4) is 0 Å². The van der Waals surface area contributed by atoms with Crippen LogP contribution in [0.2, 0.25) is 0 Å². The van der Waals surface area contributed by atoms with Crippen molar-refractivity contribution < 1.29 is 9.59 Å². The van der Waals surface area contributed by atoms with Gasteiger partial charge in [-0.05, 0) is 30.4 Å². The Morgan fingerprint density at radius 3 is 2.30 bits per heavy atom. The van der Waals surface area contributed by atoms with Gasteiger partial charge in [-0.1, -0.05) is 24.3 Å². The van der Waals surface area contributed by atoms with E-state index in [4.69, 9.17) is 0 Å². The maximum Gasteiger partial charge on any atom is 0.227 e. The molecule has 2 aliphatic heterocycles. The SMILES string of the molecule is O=C1CCC(C(=O)N2CCc3ccccc3CC2)CN1. The molecule has 2 heterocycles. The number of nitrogens with one attached hydrogen (secondary N) is 1. The first-order valence-electron chi connectivity index (χ1n) is 7.36. The zero-order chi connectivity index (χ0) is 13.9. The van der Waals surface area contributed by atoms with E-state index in [0.29, 0.717) is 19.4 Å². The Morgan fingerprint density at radius 2 is 1.75 bits per heavy atom. The summed E-state index contributed by atoms with van der Waals surface area (Å²) in [6, 6.07) is 8.44. The maximum atomic E-state index is 12.5. The van der Waals surface area contributed by atoms with Crippen molar-refractivity contribution in [3.05, 3.63) is 35.4 Å². The first kappa shape index (κ1) is 13.2. The van der Waals surface area contributed by atoms with E-state index >= 15 is 0 Å². The van der Waals surface area contributed by atoms with Crippen LogP contribution >= 0.6 is 0 Å². The Balaban J connectivity index is 1.64. The molecule has 3 rings (SSSR count). The summed E-state index contributed by atoms with van der Waals surface area (Å²) in [6.07, 6.45) is 3.03. The van der Waals surface area contributed by atoms with Gasteiger partial charge in [0.1, 0.15) is 0 Å². The topological polar surface area (TPSA) is 49.4 Å². The van der Waals surface area contributed by atoms with E-state index in [1.807, 2.05) is 4.90 Å². The minimum atomic E-state index is -0.0334. The summed E-state index contributed by atoms with van der Waals surface area (Å²) >= 11 is 0. The maximum absolute atomic E-state index is 12.5. The number of fused-ring (bicyclic) bond motifs is 1. The number of benzene rings is 1. The molecule has 0 bridgehead atoms. The number of piperidine rings is 1. The molecule has 20 heavy (non-hydrogen) atoms. The summed E-state index contributed by atoms with van der Waals surface area (Å²) in [5, 5.41) is 2.80.